The summed E-state index contributed by atoms with van der Waals surface area (Å²) in [6, 6.07) is 24.3. The van der Waals surface area contributed by atoms with Gasteiger partial charge in [-0.05, 0) is 35.9 Å². The summed E-state index contributed by atoms with van der Waals surface area (Å²) in [6.07, 6.45) is 1.39. The van der Waals surface area contributed by atoms with Gasteiger partial charge in [-0.15, -0.1) is 11.3 Å². The number of thiophene rings is 1. The standard InChI is InChI=1S/C27H27N3O2S/c1-20(29(2)26(21-10-5-3-6-11-21)22-12-7-4-8-13-22)28-24-18-30(16-15-23(24)19-31)27(32)25-14-9-17-33-25/h3-14,17,19,26H,15-16,18H2,1-2H3. The number of benzene rings is 2. The van der Waals surface area contributed by atoms with Gasteiger partial charge in [0, 0.05) is 19.2 Å². The van der Waals surface area contributed by atoms with Gasteiger partial charge in [-0.1, -0.05) is 66.7 Å². The fraction of sp³-hybridized carbons (Fsp3) is 0.222. The minimum Gasteiger partial charge on any atom is -0.352 e. The smallest absolute Gasteiger partial charge is 0.264 e. The van der Waals surface area contributed by atoms with Gasteiger partial charge in [-0.25, -0.2) is 4.99 Å². The number of carbonyl (C=O) groups is 2. The molecule has 0 unspecified atom stereocenters. The Morgan fingerprint density at radius 3 is 2.21 bits per heavy atom. The van der Waals surface area contributed by atoms with Crippen LogP contribution in [-0.2, 0) is 4.79 Å². The zero-order valence-electron chi connectivity index (χ0n) is 18.8. The van der Waals surface area contributed by atoms with Crippen LogP contribution in [0, 0.1) is 0 Å². The molecule has 2 heterocycles. The molecule has 1 amide bonds. The number of hydrogen-bond donors (Lipinski definition) is 0. The minimum atomic E-state index is -0.0242. The molecule has 1 aliphatic rings. The third kappa shape index (κ3) is 5.12. The van der Waals surface area contributed by atoms with Gasteiger partial charge in [-0.3, -0.25) is 9.59 Å². The SMILES string of the molecule is CC(=NC1=C(C=O)CCN(C(=O)c2cccs2)C1)N(C)C(c1ccccc1)c1ccccc1. The number of amidine groups is 1. The van der Waals surface area contributed by atoms with Crippen LogP contribution in [0.2, 0.25) is 0 Å². The quantitative estimate of drug-likeness (QED) is 0.291. The number of amides is 1. The highest BCUT2D eigenvalue weighted by atomic mass is 32.1. The number of aliphatic imine (C=N–C) groups is 1. The van der Waals surface area contributed by atoms with Crippen molar-refractivity contribution in [1.29, 1.82) is 0 Å². The first kappa shape index (κ1) is 22.7. The van der Waals surface area contributed by atoms with E-state index in [1.54, 1.807) is 4.90 Å². The Bertz CT molecular complexity index is 1120. The van der Waals surface area contributed by atoms with E-state index < -0.39 is 0 Å². The van der Waals surface area contributed by atoms with Crippen molar-refractivity contribution in [3.63, 3.8) is 0 Å². The Balaban J connectivity index is 1.64. The maximum absolute atomic E-state index is 12.9. The molecule has 0 radical (unpaired) electrons. The van der Waals surface area contributed by atoms with E-state index in [0.29, 0.717) is 35.7 Å². The van der Waals surface area contributed by atoms with Crippen molar-refractivity contribution in [2.24, 2.45) is 4.99 Å². The molecule has 2 aromatic carbocycles. The number of nitrogens with zero attached hydrogens (tertiary/aromatic N) is 3. The summed E-state index contributed by atoms with van der Waals surface area (Å²) in [5.41, 5.74) is 3.63. The average Bonchev–Trinajstić information content (AvgIpc) is 3.40. The summed E-state index contributed by atoms with van der Waals surface area (Å²) in [5, 5.41) is 1.90. The van der Waals surface area contributed by atoms with Crippen LogP contribution in [0.5, 0.6) is 0 Å². The molecular formula is C27H27N3O2S. The summed E-state index contributed by atoms with van der Waals surface area (Å²) < 4.78 is 0. The lowest BCUT2D eigenvalue weighted by Gasteiger charge is -2.32. The highest BCUT2D eigenvalue weighted by molar-refractivity contribution is 7.12. The van der Waals surface area contributed by atoms with Crippen LogP contribution in [0.1, 0.15) is 40.2 Å². The van der Waals surface area contributed by atoms with Gasteiger partial charge in [0.2, 0.25) is 0 Å². The van der Waals surface area contributed by atoms with Crippen LogP contribution >= 0.6 is 11.3 Å². The molecule has 3 aromatic rings. The predicted molar refractivity (Wildman–Crippen MR) is 134 cm³/mol. The first-order valence-corrected chi connectivity index (χ1v) is 11.8. The first-order valence-electron chi connectivity index (χ1n) is 11.0. The molecule has 5 nitrogen and oxygen atoms in total. The van der Waals surface area contributed by atoms with Crippen LogP contribution in [0.3, 0.4) is 0 Å². The van der Waals surface area contributed by atoms with Crippen LogP contribution in [0.4, 0.5) is 0 Å². The summed E-state index contributed by atoms with van der Waals surface area (Å²) in [4.78, 5) is 34.1. The molecule has 6 heteroatoms. The molecule has 0 saturated heterocycles. The monoisotopic (exact) mass is 457 g/mol. The minimum absolute atomic E-state index is 0.0138. The number of carbonyl (C=O) groups excluding carboxylic acids is 2. The second kappa shape index (κ2) is 10.4. The van der Waals surface area contributed by atoms with Crippen LogP contribution in [0.15, 0.2) is 94.4 Å². The summed E-state index contributed by atoms with van der Waals surface area (Å²) in [6.45, 7) is 2.81. The molecule has 0 aliphatic carbocycles. The van der Waals surface area contributed by atoms with E-state index in [1.165, 1.54) is 11.3 Å². The number of hydrogen-bond acceptors (Lipinski definition) is 4. The molecule has 1 aliphatic heterocycles. The fourth-order valence-corrected chi connectivity index (χ4v) is 4.79. The zero-order valence-corrected chi connectivity index (χ0v) is 19.7. The number of rotatable bonds is 6. The lowest BCUT2D eigenvalue weighted by molar-refractivity contribution is -0.105. The van der Waals surface area contributed by atoms with Gasteiger partial charge in [0.05, 0.1) is 23.2 Å². The molecule has 0 bridgehead atoms. The Morgan fingerprint density at radius 2 is 1.67 bits per heavy atom. The molecule has 4 rings (SSSR count). The van der Waals surface area contributed by atoms with E-state index in [9.17, 15) is 9.59 Å². The molecule has 0 spiro atoms. The van der Waals surface area contributed by atoms with E-state index >= 15 is 0 Å². The lowest BCUT2D eigenvalue weighted by Crippen LogP contribution is -2.37. The maximum atomic E-state index is 12.9. The van der Waals surface area contributed by atoms with Crippen molar-refractivity contribution >= 4 is 29.4 Å². The predicted octanol–water partition coefficient (Wildman–Crippen LogP) is 5.19. The van der Waals surface area contributed by atoms with E-state index in [1.807, 2.05) is 67.9 Å². The molecule has 0 N–H and O–H groups in total. The Morgan fingerprint density at radius 1 is 1.03 bits per heavy atom. The number of aldehydes is 1. The normalized spacial score (nSPS) is 14.5. The van der Waals surface area contributed by atoms with E-state index in [0.717, 1.165) is 23.2 Å². The van der Waals surface area contributed by atoms with Crippen molar-refractivity contribution < 1.29 is 9.59 Å². The van der Waals surface area contributed by atoms with Gasteiger partial charge in [0.25, 0.3) is 5.91 Å². The van der Waals surface area contributed by atoms with Crippen molar-refractivity contribution in [1.82, 2.24) is 9.80 Å². The van der Waals surface area contributed by atoms with Gasteiger partial charge >= 0.3 is 0 Å². The summed E-state index contributed by atoms with van der Waals surface area (Å²) >= 11 is 1.43. The summed E-state index contributed by atoms with van der Waals surface area (Å²) in [5.74, 6) is 0.771. The summed E-state index contributed by atoms with van der Waals surface area (Å²) in [7, 11) is 2.02. The Kier molecular flexibility index (Phi) is 7.15. The third-order valence-electron chi connectivity index (χ3n) is 5.95. The Labute approximate surface area is 198 Å². The van der Waals surface area contributed by atoms with Gasteiger partial charge < -0.3 is 9.80 Å². The first-order chi connectivity index (χ1) is 16.1. The van der Waals surface area contributed by atoms with E-state index in [2.05, 4.69) is 29.2 Å². The molecular weight excluding hydrogens is 430 g/mol. The Hall–Kier alpha value is -3.51. The second-order valence-corrected chi connectivity index (χ2v) is 8.99. The van der Waals surface area contributed by atoms with E-state index in [-0.39, 0.29) is 11.9 Å². The molecule has 0 saturated carbocycles. The topological polar surface area (TPSA) is 53.0 Å². The highest BCUT2D eigenvalue weighted by Gasteiger charge is 2.25. The highest BCUT2D eigenvalue weighted by Crippen LogP contribution is 2.29. The lowest BCUT2D eigenvalue weighted by atomic mass is 9.97. The fourth-order valence-electron chi connectivity index (χ4n) is 4.10. The third-order valence-corrected chi connectivity index (χ3v) is 6.81. The zero-order chi connectivity index (χ0) is 23.2. The van der Waals surface area contributed by atoms with Gasteiger partial charge in [0.1, 0.15) is 12.1 Å². The van der Waals surface area contributed by atoms with E-state index in [4.69, 9.17) is 4.99 Å². The van der Waals surface area contributed by atoms with Crippen LogP contribution in [0.25, 0.3) is 0 Å². The van der Waals surface area contributed by atoms with Crippen molar-refractivity contribution in [3.05, 3.63) is 105 Å². The largest absolute Gasteiger partial charge is 0.352 e. The maximum Gasteiger partial charge on any atom is 0.264 e. The average molecular weight is 458 g/mol. The van der Waals surface area contributed by atoms with Crippen molar-refractivity contribution in [3.8, 4) is 0 Å². The molecule has 33 heavy (non-hydrogen) atoms. The molecule has 0 atom stereocenters. The molecule has 1 aromatic heterocycles. The van der Waals surface area contributed by atoms with Gasteiger partial charge in [-0.2, -0.15) is 0 Å². The van der Waals surface area contributed by atoms with Gasteiger partial charge in [0.15, 0.2) is 0 Å². The van der Waals surface area contributed by atoms with Crippen molar-refractivity contribution in [2.45, 2.75) is 19.4 Å². The molecule has 168 valence electrons. The van der Waals surface area contributed by atoms with Crippen molar-refractivity contribution in [2.75, 3.05) is 20.1 Å². The van der Waals surface area contributed by atoms with Crippen LogP contribution < -0.4 is 0 Å². The van der Waals surface area contributed by atoms with Crippen LogP contribution in [-0.4, -0.2) is 48.0 Å². The second-order valence-electron chi connectivity index (χ2n) is 8.04. The molecule has 0 fully saturated rings.